The summed E-state index contributed by atoms with van der Waals surface area (Å²) in [6.07, 6.45) is 3.62. The van der Waals surface area contributed by atoms with Gasteiger partial charge in [-0.05, 0) is 25.7 Å². The molecule has 0 bridgehead atoms. The molecule has 1 saturated heterocycles. The Balaban J connectivity index is 3.01. The highest BCUT2D eigenvalue weighted by Gasteiger charge is 2.56. The van der Waals surface area contributed by atoms with Crippen molar-refractivity contribution < 1.29 is 19.1 Å². The summed E-state index contributed by atoms with van der Waals surface area (Å²) >= 11 is 0. The second-order valence-electron chi connectivity index (χ2n) is 4.98. The summed E-state index contributed by atoms with van der Waals surface area (Å²) < 4.78 is 11.1. The highest BCUT2D eigenvalue weighted by Crippen LogP contribution is 2.41. The van der Waals surface area contributed by atoms with Crippen LogP contribution >= 0.6 is 0 Å². The Kier molecular flexibility index (Phi) is 4.77. The van der Waals surface area contributed by atoms with Crippen LogP contribution in [0.2, 0.25) is 0 Å². The van der Waals surface area contributed by atoms with Crippen molar-refractivity contribution in [3.8, 4) is 0 Å². The standard InChI is InChI=1S/C14H24O4/c1-5-9-14(10-6-2)17-11(15)13(7-3,8-4)12(16)18-14/h5-10H2,1-4H3. The zero-order chi connectivity index (χ0) is 13.8. The van der Waals surface area contributed by atoms with Gasteiger partial charge in [0.1, 0.15) is 0 Å². The Hall–Kier alpha value is -1.06. The van der Waals surface area contributed by atoms with Crippen LogP contribution in [0.4, 0.5) is 0 Å². The normalized spacial score (nSPS) is 21.3. The van der Waals surface area contributed by atoms with Gasteiger partial charge in [0, 0.05) is 12.8 Å². The number of hydrogen-bond acceptors (Lipinski definition) is 4. The second-order valence-corrected chi connectivity index (χ2v) is 4.98. The molecule has 0 saturated carbocycles. The summed E-state index contributed by atoms with van der Waals surface area (Å²) in [5.74, 6) is -1.85. The topological polar surface area (TPSA) is 52.6 Å². The van der Waals surface area contributed by atoms with Crippen LogP contribution in [0.15, 0.2) is 0 Å². The molecule has 0 N–H and O–H groups in total. The first-order chi connectivity index (χ1) is 8.50. The highest BCUT2D eigenvalue weighted by atomic mass is 16.7. The Morgan fingerprint density at radius 3 is 1.50 bits per heavy atom. The van der Waals surface area contributed by atoms with E-state index in [9.17, 15) is 9.59 Å². The number of cyclic esters (lactones) is 2. The SMILES string of the molecule is CCCC1(CCC)OC(=O)C(CC)(CC)C(=O)O1. The van der Waals surface area contributed by atoms with Crippen LogP contribution in [0.5, 0.6) is 0 Å². The summed E-state index contributed by atoms with van der Waals surface area (Å²) in [5, 5.41) is 0. The van der Waals surface area contributed by atoms with E-state index in [1.807, 2.05) is 27.7 Å². The highest BCUT2D eigenvalue weighted by molar-refractivity contribution is 6.01. The van der Waals surface area contributed by atoms with Gasteiger partial charge in [-0.15, -0.1) is 0 Å². The molecule has 0 unspecified atom stereocenters. The number of carbonyl (C=O) groups is 2. The number of ether oxygens (including phenoxy) is 2. The van der Waals surface area contributed by atoms with Crippen molar-refractivity contribution in [3.05, 3.63) is 0 Å². The Morgan fingerprint density at radius 1 is 0.833 bits per heavy atom. The number of carbonyl (C=O) groups excluding carboxylic acids is 2. The Morgan fingerprint density at radius 2 is 1.22 bits per heavy atom. The van der Waals surface area contributed by atoms with Crippen LogP contribution in [0.1, 0.15) is 66.2 Å². The zero-order valence-electron chi connectivity index (χ0n) is 11.9. The van der Waals surface area contributed by atoms with Crippen molar-refractivity contribution in [2.75, 3.05) is 0 Å². The predicted molar refractivity (Wildman–Crippen MR) is 67.7 cm³/mol. The molecule has 0 aromatic heterocycles. The molecule has 104 valence electrons. The first kappa shape index (κ1) is 15.0. The van der Waals surface area contributed by atoms with Crippen molar-refractivity contribution in [2.45, 2.75) is 72.0 Å². The van der Waals surface area contributed by atoms with Crippen molar-refractivity contribution in [2.24, 2.45) is 5.41 Å². The zero-order valence-corrected chi connectivity index (χ0v) is 11.9. The lowest BCUT2D eigenvalue weighted by Crippen LogP contribution is -2.55. The van der Waals surface area contributed by atoms with E-state index < -0.39 is 23.1 Å². The van der Waals surface area contributed by atoms with Gasteiger partial charge in [-0.2, -0.15) is 0 Å². The molecule has 0 spiro atoms. The van der Waals surface area contributed by atoms with Crippen molar-refractivity contribution in [1.29, 1.82) is 0 Å². The fourth-order valence-corrected chi connectivity index (χ4v) is 2.56. The fraction of sp³-hybridized carbons (Fsp3) is 0.857. The molecule has 1 aliphatic heterocycles. The molecule has 1 heterocycles. The molecular weight excluding hydrogens is 232 g/mol. The molecule has 1 rings (SSSR count). The first-order valence-electron chi connectivity index (χ1n) is 6.97. The van der Waals surface area contributed by atoms with Gasteiger partial charge in [-0.25, -0.2) is 0 Å². The third-order valence-corrected chi connectivity index (χ3v) is 3.81. The first-order valence-corrected chi connectivity index (χ1v) is 6.97. The van der Waals surface area contributed by atoms with Crippen LogP contribution < -0.4 is 0 Å². The minimum Gasteiger partial charge on any atom is -0.422 e. The van der Waals surface area contributed by atoms with E-state index in [4.69, 9.17) is 9.47 Å². The third kappa shape index (κ3) is 2.38. The molecule has 4 nitrogen and oxygen atoms in total. The van der Waals surface area contributed by atoms with Crippen LogP contribution in [0.25, 0.3) is 0 Å². The molecule has 18 heavy (non-hydrogen) atoms. The minimum absolute atomic E-state index is 0.411. The lowest BCUT2D eigenvalue weighted by Gasteiger charge is -2.43. The molecule has 0 aromatic rings. The second kappa shape index (κ2) is 5.72. The predicted octanol–water partition coefficient (Wildman–Crippen LogP) is 3.19. The van der Waals surface area contributed by atoms with Crippen molar-refractivity contribution >= 4 is 11.9 Å². The average molecular weight is 256 g/mol. The summed E-state index contributed by atoms with van der Waals surface area (Å²) in [6, 6.07) is 0. The molecule has 1 aliphatic rings. The van der Waals surface area contributed by atoms with Gasteiger partial charge in [0.2, 0.25) is 0 Å². The minimum atomic E-state index is -1.09. The molecule has 4 heteroatoms. The average Bonchev–Trinajstić information content (AvgIpc) is 2.30. The molecule has 0 aromatic carbocycles. The maximum atomic E-state index is 12.2. The van der Waals surface area contributed by atoms with Gasteiger partial charge < -0.3 is 9.47 Å². The van der Waals surface area contributed by atoms with E-state index in [0.717, 1.165) is 12.8 Å². The maximum Gasteiger partial charge on any atom is 0.326 e. The largest absolute Gasteiger partial charge is 0.422 e. The number of esters is 2. The lowest BCUT2D eigenvalue weighted by atomic mass is 9.81. The Labute approximate surface area is 109 Å². The smallest absolute Gasteiger partial charge is 0.326 e. The summed E-state index contributed by atoms with van der Waals surface area (Å²) in [6.45, 7) is 7.61. The molecular formula is C14H24O4. The van der Waals surface area contributed by atoms with E-state index in [0.29, 0.717) is 25.7 Å². The number of rotatable bonds is 6. The van der Waals surface area contributed by atoms with Gasteiger partial charge in [0.05, 0.1) is 0 Å². The van der Waals surface area contributed by atoms with Gasteiger partial charge in [-0.1, -0.05) is 27.7 Å². The van der Waals surface area contributed by atoms with Gasteiger partial charge in [0.25, 0.3) is 5.79 Å². The summed E-state index contributed by atoms with van der Waals surface area (Å²) in [7, 11) is 0. The van der Waals surface area contributed by atoms with E-state index in [2.05, 4.69) is 0 Å². The quantitative estimate of drug-likeness (QED) is 0.541. The van der Waals surface area contributed by atoms with E-state index >= 15 is 0 Å². The molecule has 1 fully saturated rings. The van der Waals surface area contributed by atoms with Crippen molar-refractivity contribution in [1.82, 2.24) is 0 Å². The molecule has 0 amide bonds. The maximum absolute atomic E-state index is 12.2. The monoisotopic (exact) mass is 256 g/mol. The third-order valence-electron chi connectivity index (χ3n) is 3.81. The van der Waals surface area contributed by atoms with Crippen molar-refractivity contribution in [3.63, 3.8) is 0 Å². The van der Waals surface area contributed by atoms with E-state index in [-0.39, 0.29) is 0 Å². The van der Waals surface area contributed by atoms with Gasteiger partial charge in [0.15, 0.2) is 5.41 Å². The Bertz CT molecular complexity index is 290. The fourth-order valence-electron chi connectivity index (χ4n) is 2.56. The van der Waals surface area contributed by atoms with Crippen LogP contribution in [-0.4, -0.2) is 17.7 Å². The lowest BCUT2D eigenvalue weighted by molar-refractivity contribution is -0.267. The van der Waals surface area contributed by atoms with Crippen LogP contribution in [0, 0.1) is 5.41 Å². The summed E-state index contributed by atoms with van der Waals surface area (Å²) in [5.41, 5.74) is -1.09. The van der Waals surface area contributed by atoms with E-state index in [1.165, 1.54) is 0 Å². The molecule has 0 atom stereocenters. The van der Waals surface area contributed by atoms with Gasteiger partial charge >= 0.3 is 11.9 Å². The van der Waals surface area contributed by atoms with E-state index in [1.54, 1.807) is 0 Å². The van der Waals surface area contributed by atoms with Crippen LogP contribution in [0.3, 0.4) is 0 Å². The molecule has 0 radical (unpaired) electrons. The van der Waals surface area contributed by atoms with Crippen LogP contribution in [-0.2, 0) is 19.1 Å². The molecule has 0 aliphatic carbocycles. The summed E-state index contributed by atoms with van der Waals surface area (Å²) in [4.78, 5) is 24.5. The van der Waals surface area contributed by atoms with Gasteiger partial charge in [-0.3, -0.25) is 9.59 Å². The number of hydrogen-bond donors (Lipinski definition) is 0.